The summed E-state index contributed by atoms with van der Waals surface area (Å²) in [5.41, 5.74) is 0. The number of nitrogens with zero attached hydrogens (tertiary/aromatic N) is 2. The molecule has 0 aliphatic heterocycles. The summed E-state index contributed by atoms with van der Waals surface area (Å²) in [6, 6.07) is 9.95. The van der Waals surface area contributed by atoms with E-state index in [1.807, 2.05) is 0 Å². The highest BCUT2D eigenvalue weighted by Gasteiger charge is 2.20. The van der Waals surface area contributed by atoms with Crippen molar-refractivity contribution in [2.24, 2.45) is 0 Å². The molecule has 3 aromatic rings. The van der Waals surface area contributed by atoms with Gasteiger partial charge in [0.05, 0.1) is 29.5 Å². The number of hydrogen-bond acceptors (Lipinski definition) is 5. The Labute approximate surface area is 198 Å². The Morgan fingerprint density at radius 3 is 2.42 bits per heavy atom. The molecule has 0 spiro atoms. The maximum Gasteiger partial charge on any atom is 0.161 e. The minimum absolute atomic E-state index is 0.122. The molecule has 31 heavy (non-hydrogen) atoms. The van der Waals surface area contributed by atoms with Gasteiger partial charge in [0.15, 0.2) is 15.5 Å². The third kappa shape index (κ3) is 6.94. The van der Waals surface area contributed by atoms with Gasteiger partial charge in [-0.2, -0.15) is 0 Å². The lowest BCUT2D eigenvalue weighted by Gasteiger charge is -2.15. The Hall–Kier alpha value is -1.61. The van der Waals surface area contributed by atoms with Crippen LogP contribution in [0.5, 0.6) is 11.5 Å². The first-order valence-corrected chi connectivity index (χ1v) is 11.9. The van der Waals surface area contributed by atoms with E-state index < -0.39 is 17.3 Å². The molecule has 166 valence electrons. The molecule has 1 N–H and O–H groups in total. The Morgan fingerprint density at radius 1 is 1.10 bits per heavy atom. The van der Waals surface area contributed by atoms with E-state index >= 15 is 0 Å². The number of aliphatic hydroxyl groups excluding tert-OH is 1. The Kier molecular flexibility index (Phi) is 9.19. The molecule has 0 radical (unpaired) electrons. The van der Waals surface area contributed by atoms with Crippen molar-refractivity contribution in [2.75, 3.05) is 19.1 Å². The van der Waals surface area contributed by atoms with Crippen LogP contribution < -0.4 is 9.47 Å². The molecule has 0 bridgehead atoms. The van der Waals surface area contributed by atoms with Crippen molar-refractivity contribution in [1.82, 2.24) is 9.55 Å². The summed E-state index contributed by atoms with van der Waals surface area (Å²) in [6.07, 6.45) is 5.03. The third-order valence-electron chi connectivity index (χ3n) is 4.17. The van der Waals surface area contributed by atoms with E-state index in [0.29, 0.717) is 46.7 Å². The third-order valence-corrected chi connectivity index (χ3v) is 6.36. The second kappa shape index (κ2) is 11.9. The molecule has 0 saturated carbocycles. The highest BCUT2D eigenvalue weighted by Crippen LogP contribution is 2.37. The van der Waals surface area contributed by atoms with Crippen molar-refractivity contribution in [1.29, 1.82) is 0 Å². The van der Waals surface area contributed by atoms with Crippen LogP contribution in [-0.4, -0.2) is 44.4 Å². The highest BCUT2D eigenvalue weighted by molar-refractivity contribution is 7.91. The number of aromatic nitrogens is 2. The van der Waals surface area contributed by atoms with Gasteiger partial charge in [0.2, 0.25) is 0 Å². The summed E-state index contributed by atoms with van der Waals surface area (Å²) in [6.45, 7) is 0.899. The van der Waals surface area contributed by atoms with Crippen LogP contribution in [0.4, 0.5) is 0 Å². The minimum atomic E-state index is -1.49. The van der Waals surface area contributed by atoms with E-state index in [4.69, 9.17) is 44.3 Å². The molecule has 0 aliphatic rings. The van der Waals surface area contributed by atoms with Crippen molar-refractivity contribution in [3.63, 3.8) is 0 Å². The van der Waals surface area contributed by atoms with E-state index in [0.717, 1.165) is 0 Å². The van der Waals surface area contributed by atoms with Gasteiger partial charge in [-0.25, -0.2) is 4.98 Å². The monoisotopic (exact) mass is 502 g/mol. The van der Waals surface area contributed by atoms with Gasteiger partial charge in [-0.15, -0.1) is 11.6 Å². The number of aliphatic hydroxyl groups is 1. The van der Waals surface area contributed by atoms with Crippen LogP contribution in [0.15, 0.2) is 64.9 Å². The maximum atomic E-state index is 12.9. The second-order valence-electron chi connectivity index (χ2n) is 6.57. The molecular weight excluding hydrogens is 483 g/mol. The van der Waals surface area contributed by atoms with Gasteiger partial charge in [-0.05, 0) is 30.7 Å². The Bertz CT molecular complexity index is 935. The van der Waals surface area contributed by atoms with E-state index in [2.05, 4.69) is 4.98 Å². The molecule has 0 aliphatic carbocycles. The second-order valence-corrected chi connectivity index (χ2v) is 9.24. The van der Waals surface area contributed by atoms with E-state index in [1.165, 1.54) is 0 Å². The van der Waals surface area contributed by atoms with Crippen LogP contribution in [0.2, 0.25) is 10.0 Å². The van der Waals surface area contributed by atoms with E-state index in [1.54, 1.807) is 59.7 Å². The summed E-state index contributed by atoms with van der Waals surface area (Å²) in [4.78, 5) is 4.96. The fourth-order valence-corrected chi connectivity index (χ4v) is 4.63. The molecule has 0 saturated heterocycles. The summed E-state index contributed by atoms with van der Waals surface area (Å²) in [5, 5.41) is 10.6. The van der Waals surface area contributed by atoms with Gasteiger partial charge in [-0.1, -0.05) is 23.2 Å². The number of hydrogen-bond donors (Lipinski definition) is 1. The van der Waals surface area contributed by atoms with Gasteiger partial charge in [0.1, 0.15) is 18.5 Å². The van der Waals surface area contributed by atoms with Gasteiger partial charge in [-0.3, -0.25) is 0 Å². The van der Waals surface area contributed by atoms with Crippen LogP contribution in [0.3, 0.4) is 0 Å². The smallest absolute Gasteiger partial charge is 0.161 e. The first-order valence-electron chi connectivity index (χ1n) is 9.44. The topological polar surface area (TPSA) is 79.6 Å². The summed E-state index contributed by atoms with van der Waals surface area (Å²) < 4.78 is 25.9. The van der Waals surface area contributed by atoms with Crippen molar-refractivity contribution >= 4 is 46.0 Å². The Morgan fingerprint density at radius 2 is 1.81 bits per heavy atom. The summed E-state index contributed by atoms with van der Waals surface area (Å²) >= 11 is 16.7. The number of benzene rings is 2. The molecular formula is C21H21Cl3N2O4S. The first-order chi connectivity index (χ1) is 15.0. The zero-order valence-electron chi connectivity index (χ0n) is 16.4. The zero-order chi connectivity index (χ0) is 22.2. The zero-order valence-corrected chi connectivity index (χ0v) is 19.5. The fourth-order valence-electron chi connectivity index (χ4n) is 2.69. The van der Waals surface area contributed by atoms with Crippen LogP contribution >= 0.6 is 34.8 Å². The van der Waals surface area contributed by atoms with Crippen LogP contribution in [0.25, 0.3) is 0 Å². The Balaban J connectivity index is 1.60. The number of rotatable bonds is 11. The van der Waals surface area contributed by atoms with Crippen molar-refractivity contribution in [3.05, 3.63) is 65.2 Å². The van der Waals surface area contributed by atoms with E-state index in [-0.39, 0.29) is 16.7 Å². The van der Waals surface area contributed by atoms with E-state index in [9.17, 15) is 9.66 Å². The summed E-state index contributed by atoms with van der Waals surface area (Å²) in [5.74, 6) is 1.39. The lowest BCUT2D eigenvalue weighted by atomic mass is 10.3. The van der Waals surface area contributed by atoms with Gasteiger partial charge in [0.25, 0.3) is 0 Å². The van der Waals surface area contributed by atoms with Gasteiger partial charge in [0, 0.05) is 41.6 Å². The van der Waals surface area contributed by atoms with Gasteiger partial charge >= 0.3 is 0 Å². The predicted octanol–water partition coefficient (Wildman–Crippen LogP) is 4.80. The molecule has 6 nitrogen and oxygen atoms in total. The number of imidazole rings is 1. The average molecular weight is 504 g/mol. The fraction of sp³-hybridized carbons (Fsp3) is 0.286. The SMILES string of the molecule is [O-][S+](c1ccc(OCC(O)Cn2ccnc2)cc1)c1cc(Cl)c(OCCCCl)c(Cl)c1. The standard InChI is InChI=1S/C21H21Cl3N2O4S/c22-6-1-9-29-21-19(23)10-18(11-20(21)24)31(28)17-4-2-16(3-5-17)30-13-15(27)12-26-8-7-25-14-26/h2-5,7-8,10-11,14-15,27H,1,6,9,12-13H2. The predicted molar refractivity (Wildman–Crippen MR) is 122 cm³/mol. The lowest BCUT2D eigenvalue weighted by molar-refractivity contribution is 0.0924. The molecule has 2 unspecified atom stereocenters. The molecule has 0 fully saturated rings. The first kappa shape index (κ1) is 24.0. The van der Waals surface area contributed by atoms with Crippen molar-refractivity contribution in [2.45, 2.75) is 28.9 Å². The molecule has 0 amide bonds. The summed E-state index contributed by atoms with van der Waals surface area (Å²) in [7, 11) is 0. The molecule has 1 heterocycles. The molecule has 10 heteroatoms. The van der Waals surface area contributed by atoms with Crippen LogP contribution in [0.1, 0.15) is 6.42 Å². The lowest BCUT2D eigenvalue weighted by Crippen LogP contribution is -2.23. The number of halogens is 3. The molecule has 2 aromatic carbocycles. The largest absolute Gasteiger partial charge is 0.606 e. The molecule has 2 atom stereocenters. The van der Waals surface area contributed by atoms with Crippen molar-refractivity contribution < 1.29 is 19.1 Å². The average Bonchev–Trinajstić information content (AvgIpc) is 3.27. The normalized spacial score (nSPS) is 13.1. The molecule has 3 rings (SSSR count). The van der Waals surface area contributed by atoms with Gasteiger partial charge < -0.3 is 23.7 Å². The van der Waals surface area contributed by atoms with Crippen LogP contribution in [-0.2, 0) is 17.7 Å². The number of ether oxygens (including phenoxy) is 2. The highest BCUT2D eigenvalue weighted by atomic mass is 35.5. The van der Waals surface area contributed by atoms with Crippen LogP contribution in [0, 0.1) is 0 Å². The van der Waals surface area contributed by atoms with Crippen molar-refractivity contribution in [3.8, 4) is 11.5 Å². The molecule has 1 aromatic heterocycles. The minimum Gasteiger partial charge on any atom is -0.606 e. The number of alkyl halides is 1. The quantitative estimate of drug-likeness (QED) is 0.231. The maximum absolute atomic E-state index is 12.9.